The molecule has 2 aromatic heterocycles. The van der Waals surface area contributed by atoms with E-state index in [0.717, 1.165) is 34.4 Å². The lowest BCUT2D eigenvalue weighted by Gasteiger charge is -2.22. The highest BCUT2D eigenvalue weighted by Gasteiger charge is 2.31. The molecule has 30 heavy (non-hydrogen) atoms. The molecule has 3 heterocycles. The molecule has 0 unspecified atom stereocenters. The van der Waals surface area contributed by atoms with Crippen LogP contribution in [0.2, 0.25) is 0 Å². The zero-order valence-corrected chi connectivity index (χ0v) is 16.8. The molecule has 8 heteroatoms. The zero-order chi connectivity index (χ0) is 21.5. The number of alkyl halides is 3. The Labute approximate surface area is 172 Å². The third-order valence-electron chi connectivity index (χ3n) is 5.54. The van der Waals surface area contributed by atoms with E-state index in [0.29, 0.717) is 44.2 Å². The lowest BCUT2D eigenvalue weighted by molar-refractivity contribution is -0.137. The Hall–Kier alpha value is -3.03. The molecule has 0 aliphatic carbocycles. The van der Waals surface area contributed by atoms with Gasteiger partial charge in [-0.15, -0.1) is 0 Å². The highest BCUT2D eigenvalue weighted by atomic mass is 19.4. The Morgan fingerprint density at radius 1 is 1.07 bits per heavy atom. The molecule has 1 aliphatic heterocycles. The quantitative estimate of drug-likeness (QED) is 0.600. The number of furan rings is 1. The summed E-state index contributed by atoms with van der Waals surface area (Å²) in [7, 11) is 0. The monoisotopic (exact) mass is 417 g/mol. The van der Waals surface area contributed by atoms with Crippen molar-refractivity contribution in [2.45, 2.75) is 26.4 Å². The van der Waals surface area contributed by atoms with Gasteiger partial charge in [0, 0.05) is 43.3 Å². The highest BCUT2D eigenvalue weighted by molar-refractivity contribution is 5.99. The predicted octanol–water partition coefficient (Wildman–Crippen LogP) is 4.82. The van der Waals surface area contributed by atoms with Crippen molar-refractivity contribution in [3.05, 3.63) is 59.0 Å². The van der Waals surface area contributed by atoms with E-state index in [9.17, 15) is 18.0 Å². The van der Waals surface area contributed by atoms with Crippen molar-refractivity contribution in [2.24, 2.45) is 0 Å². The Balaban J connectivity index is 1.50. The van der Waals surface area contributed by atoms with Gasteiger partial charge in [-0.2, -0.15) is 13.2 Å². The molecule has 3 aromatic rings. The number of hydrogen-bond acceptors (Lipinski definition) is 4. The molecule has 1 saturated heterocycles. The van der Waals surface area contributed by atoms with Crippen molar-refractivity contribution < 1.29 is 22.4 Å². The van der Waals surface area contributed by atoms with Gasteiger partial charge < -0.3 is 14.2 Å². The average molecular weight is 417 g/mol. The summed E-state index contributed by atoms with van der Waals surface area (Å²) in [6.45, 7) is 5.92. The summed E-state index contributed by atoms with van der Waals surface area (Å²) < 4.78 is 44.2. The van der Waals surface area contributed by atoms with Crippen molar-refractivity contribution in [2.75, 3.05) is 31.1 Å². The van der Waals surface area contributed by atoms with Crippen LogP contribution in [0, 0.1) is 13.8 Å². The Morgan fingerprint density at radius 2 is 1.87 bits per heavy atom. The van der Waals surface area contributed by atoms with Crippen LogP contribution < -0.4 is 4.90 Å². The Morgan fingerprint density at radius 3 is 2.53 bits per heavy atom. The van der Waals surface area contributed by atoms with Gasteiger partial charge in [0.2, 0.25) is 0 Å². The number of fused-ring (bicyclic) bond motifs is 1. The predicted molar refractivity (Wildman–Crippen MR) is 108 cm³/mol. The van der Waals surface area contributed by atoms with Crippen LogP contribution in [0.25, 0.3) is 11.0 Å². The second kappa shape index (κ2) is 7.66. The van der Waals surface area contributed by atoms with Crippen LogP contribution in [-0.4, -0.2) is 42.0 Å². The number of halogens is 3. The van der Waals surface area contributed by atoms with Crippen LogP contribution in [-0.2, 0) is 6.18 Å². The topological polar surface area (TPSA) is 49.6 Å². The number of anilines is 1. The van der Waals surface area contributed by atoms with Crippen LogP contribution in [0.5, 0.6) is 0 Å². The van der Waals surface area contributed by atoms with Gasteiger partial charge in [0.05, 0.1) is 5.56 Å². The fraction of sp³-hybridized carbons (Fsp3) is 0.364. The molecular weight excluding hydrogens is 395 g/mol. The number of rotatable bonds is 2. The molecule has 1 fully saturated rings. The summed E-state index contributed by atoms with van der Waals surface area (Å²) in [6.07, 6.45) is -2.87. The van der Waals surface area contributed by atoms with Crippen LogP contribution in [0.4, 0.5) is 19.0 Å². The molecule has 0 radical (unpaired) electrons. The fourth-order valence-electron chi connectivity index (χ4n) is 3.82. The van der Waals surface area contributed by atoms with Gasteiger partial charge in [-0.3, -0.25) is 4.79 Å². The zero-order valence-electron chi connectivity index (χ0n) is 16.8. The summed E-state index contributed by atoms with van der Waals surface area (Å²) in [5, 5.41) is 0.934. The summed E-state index contributed by atoms with van der Waals surface area (Å²) in [5.74, 6) is 0.665. The molecule has 1 aromatic carbocycles. The van der Waals surface area contributed by atoms with Crippen molar-refractivity contribution in [1.29, 1.82) is 0 Å². The number of pyridine rings is 1. The van der Waals surface area contributed by atoms with Gasteiger partial charge in [0.15, 0.2) is 5.76 Å². The molecule has 0 N–H and O–H groups in total. The molecule has 4 rings (SSSR count). The maximum Gasteiger partial charge on any atom is 0.417 e. The number of hydrogen-bond donors (Lipinski definition) is 0. The van der Waals surface area contributed by atoms with Crippen molar-refractivity contribution >= 4 is 22.7 Å². The first-order valence-electron chi connectivity index (χ1n) is 9.82. The summed E-state index contributed by atoms with van der Waals surface area (Å²) in [5.41, 5.74) is 1.76. The Bertz CT molecular complexity index is 1070. The van der Waals surface area contributed by atoms with E-state index in [-0.39, 0.29) is 5.91 Å². The summed E-state index contributed by atoms with van der Waals surface area (Å²) >= 11 is 0. The first kappa shape index (κ1) is 20.3. The van der Waals surface area contributed by atoms with Crippen LogP contribution in [0.3, 0.4) is 0 Å². The van der Waals surface area contributed by atoms with E-state index in [1.165, 1.54) is 6.07 Å². The highest BCUT2D eigenvalue weighted by Crippen LogP contribution is 2.30. The molecule has 0 atom stereocenters. The lowest BCUT2D eigenvalue weighted by atomic mass is 10.1. The second-order valence-electron chi connectivity index (χ2n) is 7.54. The number of carbonyl (C=O) groups is 1. The number of aromatic nitrogens is 1. The number of carbonyl (C=O) groups excluding carboxylic acids is 1. The minimum atomic E-state index is -4.41. The molecule has 0 bridgehead atoms. The largest absolute Gasteiger partial charge is 0.450 e. The van der Waals surface area contributed by atoms with Gasteiger partial charge in [-0.05, 0) is 38.0 Å². The van der Waals surface area contributed by atoms with Crippen molar-refractivity contribution in [1.82, 2.24) is 9.88 Å². The van der Waals surface area contributed by atoms with Crippen LogP contribution in [0.15, 0.2) is 40.9 Å². The third kappa shape index (κ3) is 3.74. The van der Waals surface area contributed by atoms with Crippen molar-refractivity contribution in [3.8, 4) is 0 Å². The maximum atomic E-state index is 13.1. The average Bonchev–Trinajstić information content (AvgIpc) is 2.90. The standard InChI is InChI=1S/C22H22F3N3O2/c1-14-5-3-6-17-15(2)20(30-19(14)17)21(29)28-10-4-9-27(11-12-28)18-8-7-16(13-26-18)22(23,24)25/h3,5-8,13H,4,9-12H2,1-2H3. The van der Waals surface area contributed by atoms with E-state index in [1.807, 2.05) is 36.9 Å². The normalized spacial score (nSPS) is 15.5. The van der Waals surface area contributed by atoms with Crippen LogP contribution >= 0.6 is 0 Å². The number of amides is 1. The van der Waals surface area contributed by atoms with E-state index < -0.39 is 11.7 Å². The van der Waals surface area contributed by atoms with Gasteiger partial charge >= 0.3 is 6.18 Å². The van der Waals surface area contributed by atoms with Gasteiger partial charge in [0.25, 0.3) is 5.91 Å². The number of para-hydroxylation sites is 1. The van der Waals surface area contributed by atoms with E-state index in [4.69, 9.17) is 4.42 Å². The van der Waals surface area contributed by atoms with E-state index in [2.05, 4.69) is 4.98 Å². The van der Waals surface area contributed by atoms with E-state index in [1.54, 1.807) is 4.90 Å². The van der Waals surface area contributed by atoms with Crippen molar-refractivity contribution in [3.63, 3.8) is 0 Å². The number of aryl methyl sites for hydroxylation is 2. The SMILES string of the molecule is Cc1c(C(=O)N2CCCN(c3ccc(C(F)(F)F)cn3)CC2)oc2c(C)cccc12. The molecule has 0 spiro atoms. The molecule has 0 saturated carbocycles. The summed E-state index contributed by atoms with van der Waals surface area (Å²) in [6, 6.07) is 8.25. The summed E-state index contributed by atoms with van der Waals surface area (Å²) in [4.78, 5) is 20.7. The number of nitrogens with zero attached hydrogens (tertiary/aromatic N) is 3. The minimum absolute atomic E-state index is 0.162. The molecule has 1 aliphatic rings. The fourth-order valence-corrected chi connectivity index (χ4v) is 3.82. The molecule has 158 valence electrons. The third-order valence-corrected chi connectivity index (χ3v) is 5.54. The first-order chi connectivity index (χ1) is 14.3. The smallest absolute Gasteiger partial charge is 0.417 e. The van der Waals surface area contributed by atoms with Gasteiger partial charge in [-0.1, -0.05) is 18.2 Å². The molecule has 5 nitrogen and oxygen atoms in total. The number of benzene rings is 1. The van der Waals surface area contributed by atoms with Gasteiger partial charge in [0.1, 0.15) is 11.4 Å². The molecule has 1 amide bonds. The maximum absolute atomic E-state index is 13.1. The lowest BCUT2D eigenvalue weighted by Crippen LogP contribution is -2.35. The Kier molecular flexibility index (Phi) is 5.17. The minimum Gasteiger partial charge on any atom is -0.450 e. The van der Waals surface area contributed by atoms with Crippen LogP contribution in [0.1, 0.15) is 33.7 Å². The first-order valence-corrected chi connectivity index (χ1v) is 9.82. The molecular formula is C22H22F3N3O2. The van der Waals surface area contributed by atoms with Gasteiger partial charge in [-0.25, -0.2) is 4.98 Å². The van der Waals surface area contributed by atoms with E-state index >= 15 is 0 Å². The second-order valence-corrected chi connectivity index (χ2v) is 7.54.